The van der Waals surface area contributed by atoms with E-state index in [0.29, 0.717) is 13.0 Å². The van der Waals surface area contributed by atoms with Crippen LogP contribution in [-0.4, -0.2) is 10.9 Å². The highest BCUT2D eigenvalue weighted by Gasteiger charge is 2.07. The van der Waals surface area contributed by atoms with Crippen molar-refractivity contribution in [1.82, 2.24) is 10.3 Å². The maximum Gasteiger partial charge on any atom is 0.247 e. The van der Waals surface area contributed by atoms with Gasteiger partial charge in [0.05, 0.1) is 12.2 Å². The van der Waals surface area contributed by atoms with Crippen molar-refractivity contribution >= 4 is 12.0 Å². The van der Waals surface area contributed by atoms with Gasteiger partial charge in [-0.15, -0.1) is 0 Å². The van der Waals surface area contributed by atoms with Crippen molar-refractivity contribution in [1.29, 1.82) is 0 Å². The van der Waals surface area contributed by atoms with Crippen molar-refractivity contribution in [2.24, 2.45) is 0 Å². The van der Waals surface area contributed by atoms with Crippen molar-refractivity contribution in [2.75, 3.05) is 0 Å². The van der Waals surface area contributed by atoms with E-state index in [4.69, 9.17) is 0 Å². The van der Waals surface area contributed by atoms with E-state index in [2.05, 4.69) is 10.3 Å². The minimum atomic E-state index is -0.0398. The van der Waals surface area contributed by atoms with Gasteiger partial charge in [-0.1, -0.05) is 43.3 Å². The van der Waals surface area contributed by atoms with Gasteiger partial charge in [-0.25, -0.2) is 0 Å². The first-order valence-corrected chi connectivity index (χ1v) is 6.73. The second-order valence-electron chi connectivity index (χ2n) is 4.44. The minimum absolute atomic E-state index is 0.0398. The van der Waals surface area contributed by atoms with Crippen LogP contribution in [0.5, 0.6) is 0 Å². The Hall–Kier alpha value is -2.42. The summed E-state index contributed by atoms with van der Waals surface area (Å²) in [4.78, 5) is 16.3. The van der Waals surface area contributed by atoms with Gasteiger partial charge in [-0.3, -0.25) is 9.78 Å². The molecule has 2 rings (SSSR count). The van der Waals surface area contributed by atoms with E-state index in [-0.39, 0.29) is 5.91 Å². The molecule has 1 aromatic carbocycles. The Bertz CT molecular complexity index is 576. The predicted octanol–water partition coefficient (Wildman–Crippen LogP) is 3.19. The highest BCUT2D eigenvalue weighted by molar-refractivity contribution is 5.97. The molecule has 0 saturated carbocycles. The molecular weight excluding hydrogens is 248 g/mol. The van der Waals surface area contributed by atoms with Crippen LogP contribution < -0.4 is 5.32 Å². The average molecular weight is 266 g/mol. The largest absolute Gasteiger partial charge is 0.347 e. The lowest BCUT2D eigenvalue weighted by Gasteiger charge is -2.07. The lowest BCUT2D eigenvalue weighted by atomic mass is 10.1. The molecule has 1 N–H and O–H groups in total. The standard InChI is InChI=1S/C17H18N2O/c1-2-15(12-14-8-4-3-5-9-14)17(20)19-13-16-10-6-7-11-18-16/h3-12H,2,13H2,1H3,(H,19,20)/b15-12+. The normalized spacial score (nSPS) is 11.2. The molecule has 102 valence electrons. The molecule has 0 bridgehead atoms. The number of carbonyl (C=O) groups is 1. The summed E-state index contributed by atoms with van der Waals surface area (Å²) >= 11 is 0. The molecule has 0 radical (unpaired) electrons. The molecule has 0 fully saturated rings. The van der Waals surface area contributed by atoms with E-state index in [0.717, 1.165) is 16.8 Å². The van der Waals surface area contributed by atoms with Crippen LogP contribution >= 0.6 is 0 Å². The fourth-order valence-electron chi connectivity index (χ4n) is 1.87. The van der Waals surface area contributed by atoms with Gasteiger partial charge in [0.1, 0.15) is 0 Å². The maximum atomic E-state index is 12.1. The third kappa shape index (κ3) is 4.05. The van der Waals surface area contributed by atoms with Gasteiger partial charge >= 0.3 is 0 Å². The zero-order valence-corrected chi connectivity index (χ0v) is 11.5. The van der Waals surface area contributed by atoms with E-state index in [1.807, 2.05) is 61.5 Å². The molecule has 20 heavy (non-hydrogen) atoms. The summed E-state index contributed by atoms with van der Waals surface area (Å²) in [6.45, 7) is 2.43. The number of carbonyl (C=O) groups excluding carboxylic acids is 1. The number of amides is 1. The Morgan fingerprint density at radius 1 is 1.15 bits per heavy atom. The SMILES string of the molecule is CC/C(=C\c1ccccc1)C(=O)NCc1ccccn1. The summed E-state index contributed by atoms with van der Waals surface area (Å²) in [7, 11) is 0. The lowest BCUT2D eigenvalue weighted by molar-refractivity contribution is -0.117. The van der Waals surface area contributed by atoms with Gasteiger partial charge in [0.25, 0.3) is 0 Å². The van der Waals surface area contributed by atoms with Crippen LogP contribution in [0.25, 0.3) is 6.08 Å². The number of nitrogens with one attached hydrogen (secondary N) is 1. The molecule has 2 aromatic rings. The van der Waals surface area contributed by atoms with E-state index in [1.54, 1.807) is 6.20 Å². The Morgan fingerprint density at radius 2 is 1.90 bits per heavy atom. The van der Waals surface area contributed by atoms with Crippen molar-refractivity contribution in [2.45, 2.75) is 19.9 Å². The second-order valence-corrected chi connectivity index (χ2v) is 4.44. The van der Waals surface area contributed by atoms with E-state index < -0.39 is 0 Å². The van der Waals surface area contributed by atoms with Crippen molar-refractivity contribution in [3.63, 3.8) is 0 Å². The van der Waals surface area contributed by atoms with Crippen LogP contribution in [0.15, 0.2) is 60.3 Å². The van der Waals surface area contributed by atoms with Crippen LogP contribution in [0, 0.1) is 0 Å². The van der Waals surface area contributed by atoms with Crippen molar-refractivity contribution < 1.29 is 4.79 Å². The Morgan fingerprint density at radius 3 is 2.55 bits per heavy atom. The summed E-state index contributed by atoms with van der Waals surface area (Å²) < 4.78 is 0. The molecule has 1 heterocycles. The molecule has 1 amide bonds. The molecule has 0 spiro atoms. The van der Waals surface area contributed by atoms with Crippen LogP contribution in [0.2, 0.25) is 0 Å². The number of rotatable bonds is 5. The highest BCUT2D eigenvalue weighted by Crippen LogP contribution is 2.10. The Kier molecular flexibility index (Phi) is 5.07. The number of benzene rings is 1. The minimum Gasteiger partial charge on any atom is -0.347 e. The van der Waals surface area contributed by atoms with E-state index >= 15 is 0 Å². The molecule has 0 unspecified atom stereocenters. The summed E-state index contributed by atoms with van der Waals surface area (Å²) in [5, 5.41) is 2.90. The predicted molar refractivity (Wildman–Crippen MR) is 80.8 cm³/mol. The molecule has 3 heteroatoms. The Labute approximate surface area is 119 Å². The molecule has 0 aliphatic heterocycles. The highest BCUT2D eigenvalue weighted by atomic mass is 16.1. The molecule has 1 aromatic heterocycles. The van der Waals surface area contributed by atoms with Gasteiger partial charge in [0.2, 0.25) is 5.91 Å². The molecular formula is C17H18N2O. The first kappa shape index (κ1) is 14.0. The molecule has 0 aliphatic carbocycles. The molecule has 0 aliphatic rings. The fraction of sp³-hybridized carbons (Fsp3) is 0.176. The lowest BCUT2D eigenvalue weighted by Crippen LogP contribution is -2.24. The number of hydrogen-bond donors (Lipinski definition) is 1. The number of nitrogens with zero attached hydrogens (tertiary/aromatic N) is 1. The van der Waals surface area contributed by atoms with Crippen LogP contribution in [0.4, 0.5) is 0 Å². The number of hydrogen-bond acceptors (Lipinski definition) is 2. The monoisotopic (exact) mass is 266 g/mol. The van der Waals surface area contributed by atoms with Gasteiger partial charge in [-0.2, -0.15) is 0 Å². The van der Waals surface area contributed by atoms with Gasteiger partial charge in [-0.05, 0) is 30.2 Å². The third-order valence-corrected chi connectivity index (χ3v) is 2.97. The topological polar surface area (TPSA) is 42.0 Å². The summed E-state index contributed by atoms with van der Waals surface area (Å²) in [6.07, 6.45) is 4.35. The average Bonchev–Trinajstić information content (AvgIpc) is 2.52. The van der Waals surface area contributed by atoms with E-state index in [9.17, 15) is 4.79 Å². The van der Waals surface area contributed by atoms with Crippen LogP contribution in [-0.2, 0) is 11.3 Å². The first-order chi connectivity index (χ1) is 9.79. The van der Waals surface area contributed by atoms with Crippen LogP contribution in [0.1, 0.15) is 24.6 Å². The van der Waals surface area contributed by atoms with Gasteiger partial charge in [0, 0.05) is 11.8 Å². The zero-order chi connectivity index (χ0) is 14.2. The zero-order valence-electron chi connectivity index (χ0n) is 11.5. The number of pyridine rings is 1. The quantitative estimate of drug-likeness (QED) is 0.844. The van der Waals surface area contributed by atoms with E-state index in [1.165, 1.54) is 0 Å². The molecule has 3 nitrogen and oxygen atoms in total. The first-order valence-electron chi connectivity index (χ1n) is 6.73. The maximum absolute atomic E-state index is 12.1. The third-order valence-electron chi connectivity index (χ3n) is 2.97. The second kappa shape index (κ2) is 7.24. The summed E-state index contributed by atoms with van der Waals surface area (Å²) in [5.74, 6) is -0.0398. The number of aromatic nitrogens is 1. The van der Waals surface area contributed by atoms with Crippen molar-refractivity contribution in [3.8, 4) is 0 Å². The summed E-state index contributed by atoms with van der Waals surface area (Å²) in [6, 6.07) is 15.5. The summed E-state index contributed by atoms with van der Waals surface area (Å²) in [5.41, 5.74) is 2.67. The van der Waals surface area contributed by atoms with Crippen LogP contribution in [0.3, 0.4) is 0 Å². The van der Waals surface area contributed by atoms with Crippen molar-refractivity contribution in [3.05, 3.63) is 71.6 Å². The van der Waals surface area contributed by atoms with Gasteiger partial charge in [0.15, 0.2) is 0 Å². The smallest absolute Gasteiger partial charge is 0.247 e. The van der Waals surface area contributed by atoms with Gasteiger partial charge < -0.3 is 5.32 Å². The molecule has 0 saturated heterocycles. The molecule has 0 atom stereocenters. The Balaban J connectivity index is 2.01. The fourth-order valence-corrected chi connectivity index (χ4v) is 1.87.